The maximum atomic E-state index is 11.6. The van der Waals surface area contributed by atoms with Gasteiger partial charge in [0.1, 0.15) is 6.33 Å². The van der Waals surface area contributed by atoms with Crippen LogP contribution in [0.15, 0.2) is 60.9 Å². The zero-order chi connectivity index (χ0) is 18.4. The smallest absolute Gasteiger partial charge is 0.353 e. The van der Waals surface area contributed by atoms with Crippen LogP contribution in [0.4, 0.5) is 17.3 Å². The maximum Gasteiger partial charge on any atom is 0.353 e. The number of nitrogens with one attached hydrogen (secondary N) is 2. The van der Waals surface area contributed by atoms with Gasteiger partial charge in [0.05, 0.1) is 4.92 Å². The molecule has 0 spiro atoms. The topological polar surface area (TPSA) is 93.0 Å². The second-order valence-electron chi connectivity index (χ2n) is 5.85. The number of hydrogen-bond donors (Lipinski definition) is 2. The van der Waals surface area contributed by atoms with Gasteiger partial charge in [-0.05, 0) is 18.1 Å². The summed E-state index contributed by atoms with van der Waals surface area (Å²) in [5.74, 6) is 0.390. The molecule has 26 heavy (non-hydrogen) atoms. The summed E-state index contributed by atoms with van der Waals surface area (Å²) in [5, 5.41) is 17.6. The number of anilines is 2. The fourth-order valence-corrected chi connectivity index (χ4v) is 2.48. The first kappa shape index (κ1) is 17.3. The molecule has 0 unspecified atom stereocenters. The molecule has 0 fully saturated rings. The van der Waals surface area contributed by atoms with E-state index >= 15 is 0 Å². The number of nitrogens with zero attached hydrogens (tertiary/aromatic N) is 3. The number of aromatic nitrogens is 2. The molecule has 3 aromatic rings. The molecular weight excluding hydrogens is 330 g/mol. The third-order valence-electron chi connectivity index (χ3n) is 3.89. The van der Waals surface area contributed by atoms with Crippen molar-refractivity contribution >= 4 is 17.3 Å². The van der Waals surface area contributed by atoms with Crippen molar-refractivity contribution in [3.05, 3.63) is 87.7 Å². The van der Waals surface area contributed by atoms with Crippen LogP contribution >= 0.6 is 0 Å². The lowest BCUT2D eigenvalue weighted by Crippen LogP contribution is -2.10. The highest BCUT2D eigenvalue weighted by Crippen LogP contribution is 2.29. The molecule has 0 saturated carbocycles. The van der Waals surface area contributed by atoms with Crippen LogP contribution in [-0.2, 0) is 13.1 Å². The van der Waals surface area contributed by atoms with E-state index < -0.39 is 4.92 Å². The van der Waals surface area contributed by atoms with Gasteiger partial charge in [-0.1, -0.05) is 60.2 Å². The van der Waals surface area contributed by atoms with Gasteiger partial charge in [0, 0.05) is 13.1 Å². The van der Waals surface area contributed by atoms with E-state index in [0.29, 0.717) is 13.1 Å². The van der Waals surface area contributed by atoms with Gasteiger partial charge < -0.3 is 10.6 Å². The fraction of sp³-hybridized carbons (Fsp3) is 0.158. The van der Waals surface area contributed by atoms with Crippen molar-refractivity contribution < 1.29 is 4.92 Å². The molecule has 0 saturated heterocycles. The quantitative estimate of drug-likeness (QED) is 0.496. The zero-order valence-corrected chi connectivity index (χ0v) is 14.3. The summed E-state index contributed by atoms with van der Waals surface area (Å²) in [4.78, 5) is 19.2. The molecule has 1 heterocycles. The summed E-state index contributed by atoms with van der Waals surface area (Å²) < 4.78 is 0. The fourth-order valence-electron chi connectivity index (χ4n) is 2.48. The molecule has 132 valence electrons. The molecule has 0 bridgehead atoms. The number of benzene rings is 2. The Hall–Kier alpha value is -3.48. The van der Waals surface area contributed by atoms with Crippen LogP contribution in [0.1, 0.15) is 16.7 Å². The summed E-state index contributed by atoms with van der Waals surface area (Å²) in [7, 11) is 0. The van der Waals surface area contributed by atoms with Crippen molar-refractivity contribution in [1.29, 1.82) is 0 Å². The summed E-state index contributed by atoms with van der Waals surface area (Å²) in [6.07, 6.45) is 1.32. The van der Waals surface area contributed by atoms with Crippen molar-refractivity contribution in [2.24, 2.45) is 0 Å². The van der Waals surface area contributed by atoms with Gasteiger partial charge in [0.2, 0.25) is 11.6 Å². The van der Waals surface area contributed by atoms with Gasteiger partial charge in [-0.25, -0.2) is 9.97 Å². The average Bonchev–Trinajstić information content (AvgIpc) is 2.66. The molecule has 0 aliphatic rings. The molecule has 0 aliphatic heterocycles. The van der Waals surface area contributed by atoms with Crippen LogP contribution in [0.2, 0.25) is 0 Å². The first-order valence-corrected chi connectivity index (χ1v) is 8.20. The number of rotatable bonds is 7. The van der Waals surface area contributed by atoms with Gasteiger partial charge in [-0.2, -0.15) is 0 Å². The first-order chi connectivity index (χ1) is 12.6. The molecular formula is C19H19N5O2. The van der Waals surface area contributed by atoms with Crippen molar-refractivity contribution in [2.75, 3.05) is 10.6 Å². The summed E-state index contributed by atoms with van der Waals surface area (Å²) in [5.41, 5.74) is 3.03. The van der Waals surface area contributed by atoms with Crippen LogP contribution in [0.5, 0.6) is 0 Å². The predicted molar refractivity (Wildman–Crippen MR) is 101 cm³/mol. The molecule has 0 radical (unpaired) electrons. The molecule has 0 aliphatic carbocycles. The number of aryl methyl sites for hydroxylation is 1. The lowest BCUT2D eigenvalue weighted by molar-refractivity contribution is -0.383. The second kappa shape index (κ2) is 8.06. The van der Waals surface area contributed by atoms with Gasteiger partial charge >= 0.3 is 5.69 Å². The van der Waals surface area contributed by atoms with E-state index in [2.05, 4.69) is 20.6 Å². The molecule has 7 nitrogen and oxygen atoms in total. The first-order valence-electron chi connectivity index (χ1n) is 8.20. The van der Waals surface area contributed by atoms with Crippen LogP contribution < -0.4 is 10.6 Å². The van der Waals surface area contributed by atoms with Crippen molar-refractivity contribution in [2.45, 2.75) is 20.0 Å². The Morgan fingerprint density at radius 2 is 1.42 bits per heavy atom. The van der Waals surface area contributed by atoms with Crippen LogP contribution in [0.3, 0.4) is 0 Å². The second-order valence-corrected chi connectivity index (χ2v) is 5.85. The minimum atomic E-state index is -0.467. The number of hydrogen-bond acceptors (Lipinski definition) is 6. The Labute approximate surface area is 151 Å². The molecule has 2 N–H and O–H groups in total. The summed E-state index contributed by atoms with van der Waals surface area (Å²) >= 11 is 0. The van der Waals surface area contributed by atoms with Crippen molar-refractivity contribution in [3.8, 4) is 0 Å². The van der Waals surface area contributed by atoms with Crippen molar-refractivity contribution in [3.63, 3.8) is 0 Å². The summed E-state index contributed by atoms with van der Waals surface area (Å²) in [6, 6.07) is 17.6. The zero-order valence-electron chi connectivity index (χ0n) is 14.3. The van der Waals surface area contributed by atoms with Gasteiger partial charge in [-0.15, -0.1) is 0 Å². The van der Waals surface area contributed by atoms with E-state index in [1.165, 1.54) is 6.33 Å². The highest BCUT2D eigenvalue weighted by molar-refractivity contribution is 5.69. The monoisotopic (exact) mass is 349 g/mol. The van der Waals surface area contributed by atoms with E-state index in [9.17, 15) is 10.1 Å². The minimum Gasteiger partial charge on any atom is -0.360 e. The van der Waals surface area contributed by atoms with Crippen LogP contribution in [0.25, 0.3) is 0 Å². The van der Waals surface area contributed by atoms with E-state index in [0.717, 1.165) is 16.7 Å². The Morgan fingerprint density at radius 3 is 1.96 bits per heavy atom. The third kappa shape index (κ3) is 4.32. The third-order valence-corrected chi connectivity index (χ3v) is 3.89. The van der Waals surface area contributed by atoms with E-state index in [1.54, 1.807) is 0 Å². The molecule has 1 aromatic heterocycles. The van der Waals surface area contributed by atoms with E-state index in [1.807, 2.05) is 61.5 Å². The van der Waals surface area contributed by atoms with Gasteiger partial charge in [0.15, 0.2) is 0 Å². The lowest BCUT2D eigenvalue weighted by Gasteiger charge is -2.10. The largest absolute Gasteiger partial charge is 0.360 e. The predicted octanol–water partition coefficient (Wildman–Crippen LogP) is 3.92. The standard InChI is InChI=1S/C19H19N5O2/c1-14-7-9-16(10-8-14)12-21-19-17(24(25)26)18(22-13-23-19)20-11-15-5-3-2-4-6-15/h2-10,13H,11-12H2,1H3,(H2,20,21,22,23). The molecule has 2 aromatic carbocycles. The SMILES string of the molecule is Cc1ccc(CNc2ncnc(NCc3ccccc3)c2[N+](=O)[O-])cc1. The Kier molecular flexibility index (Phi) is 5.38. The Balaban J connectivity index is 1.77. The summed E-state index contributed by atoms with van der Waals surface area (Å²) in [6.45, 7) is 2.89. The van der Waals surface area contributed by atoms with Gasteiger partial charge in [0.25, 0.3) is 0 Å². The lowest BCUT2D eigenvalue weighted by atomic mass is 10.1. The Morgan fingerprint density at radius 1 is 0.885 bits per heavy atom. The number of nitro groups is 1. The normalized spacial score (nSPS) is 10.3. The minimum absolute atomic E-state index is 0.157. The highest BCUT2D eigenvalue weighted by Gasteiger charge is 2.22. The van der Waals surface area contributed by atoms with Crippen molar-refractivity contribution in [1.82, 2.24) is 9.97 Å². The molecule has 0 amide bonds. The van der Waals surface area contributed by atoms with Gasteiger partial charge in [-0.3, -0.25) is 10.1 Å². The average molecular weight is 349 g/mol. The highest BCUT2D eigenvalue weighted by atomic mass is 16.6. The van der Waals surface area contributed by atoms with E-state index in [4.69, 9.17) is 0 Å². The van der Waals surface area contributed by atoms with Crippen LogP contribution in [-0.4, -0.2) is 14.9 Å². The Bertz CT molecular complexity index is 882. The molecule has 3 rings (SSSR count). The maximum absolute atomic E-state index is 11.6. The van der Waals surface area contributed by atoms with Crippen LogP contribution in [0, 0.1) is 17.0 Å². The van der Waals surface area contributed by atoms with E-state index in [-0.39, 0.29) is 17.3 Å². The molecule has 0 atom stereocenters. The molecule has 7 heteroatoms.